The van der Waals surface area contributed by atoms with Crippen LogP contribution in [-0.2, 0) is 4.74 Å². The molecule has 0 spiro atoms. The second-order valence-corrected chi connectivity index (χ2v) is 3.59. The van der Waals surface area contributed by atoms with E-state index in [4.69, 9.17) is 9.47 Å². The van der Waals surface area contributed by atoms with Gasteiger partial charge < -0.3 is 14.8 Å². The van der Waals surface area contributed by atoms with Gasteiger partial charge >= 0.3 is 0 Å². The first-order valence-corrected chi connectivity index (χ1v) is 5.82. The van der Waals surface area contributed by atoms with E-state index in [1.54, 1.807) is 7.11 Å². The monoisotopic (exact) mass is 223 g/mol. The Morgan fingerprint density at radius 3 is 2.88 bits per heavy atom. The maximum atomic E-state index is 5.43. The van der Waals surface area contributed by atoms with Crippen LogP contribution in [0.4, 0.5) is 5.69 Å². The van der Waals surface area contributed by atoms with Crippen molar-refractivity contribution in [3.8, 4) is 5.75 Å². The zero-order valence-corrected chi connectivity index (χ0v) is 10.2. The third-order valence-corrected chi connectivity index (χ3v) is 2.25. The normalized spacial score (nSPS) is 10.1. The number of unbranched alkanes of at least 4 members (excludes halogenated alkanes) is 1. The number of hydrogen-bond donors (Lipinski definition) is 1. The lowest BCUT2D eigenvalue weighted by Gasteiger charge is -2.08. The van der Waals surface area contributed by atoms with Gasteiger partial charge in [0.25, 0.3) is 0 Å². The van der Waals surface area contributed by atoms with E-state index in [1.165, 1.54) is 0 Å². The Labute approximate surface area is 97.8 Å². The first kappa shape index (κ1) is 12.8. The molecule has 90 valence electrons. The molecule has 0 aliphatic carbocycles. The van der Waals surface area contributed by atoms with E-state index in [-0.39, 0.29) is 0 Å². The third kappa shape index (κ3) is 5.03. The van der Waals surface area contributed by atoms with Crippen LogP contribution in [0.25, 0.3) is 0 Å². The van der Waals surface area contributed by atoms with Crippen LogP contribution in [0.1, 0.15) is 19.8 Å². The molecule has 3 nitrogen and oxygen atoms in total. The topological polar surface area (TPSA) is 30.5 Å². The fraction of sp³-hybridized carbons (Fsp3) is 0.538. The summed E-state index contributed by atoms with van der Waals surface area (Å²) in [5.41, 5.74) is 1.11. The largest absolute Gasteiger partial charge is 0.494 e. The highest BCUT2D eigenvalue weighted by Crippen LogP contribution is 2.17. The molecule has 0 atom stereocenters. The summed E-state index contributed by atoms with van der Waals surface area (Å²) in [6, 6.07) is 8.06. The molecule has 0 aliphatic rings. The number of nitrogens with one attached hydrogen (secondary N) is 1. The van der Waals surface area contributed by atoms with Crippen molar-refractivity contribution in [3.05, 3.63) is 24.3 Å². The van der Waals surface area contributed by atoms with Crippen molar-refractivity contribution < 1.29 is 9.47 Å². The van der Waals surface area contributed by atoms with Crippen molar-refractivity contribution in [2.75, 3.05) is 32.2 Å². The van der Waals surface area contributed by atoms with Crippen LogP contribution in [0, 0.1) is 0 Å². The minimum Gasteiger partial charge on any atom is -0.494 e. The van der Waals surface area contributed by atoms with Crippen LogP contribution in [0.2, 0.25) is 0 Å². The molecule has 0 saturated heterocycles. The number of rotatable bonds is 8. The Morgan fingerprint density at radius 1 is 1.25 bits per heavy atom. The molecule has 0 heterocycles. The molecule has 0 aliphatic heterocycles. The minimum absolute atomic E-state index is 0.706. The zero-order chi connectivity index (χ0) is 11.6. The molecule has 3 heteroatoms. The lowest BCUT2D eigenvalue weighted by atomic mass is 10.2. The quantitative estimate of drug-likeness (QED) is 0.687. The van der Waals surface area contributed by atoms with Gasteiger partial charge in [-0.2, -0.15) is 0 Å². The fourth-order valence-electron chi connectivity index (χ4n) is 1.47. The highest BCUT2D eigenvalue weighted by molar-refractivity contribution is 5.48. The smallest absolute Gasteiger partial charge is 0.121 e. The van der Waals surface area contributed by atoms with Crippen LogP contribution in [0.5, 0.6) is 5.75 Å². The van der Waals surface area contributed by atoms with Gasteiger partial charge in [-0.25, -0.2) is 0 Å². The molecule has 0 aromatic heterocycles. The summed E-state index contributed by atoms with van der Waals surface area (Å²) in [4.78, 5) is 0. The molecule has 0 radical (unpaired) electrons. The first-order chi connectivity index (χ1) is 7.86. The lowest BCUT2D eigenvalue weighted by molar-refractivity contribution is 0.194. The predicted molar refractivity (Wildman–Crippen MR) is 67.2 cm³/mol. The Hall–Kier alpha value is -1.22. The summed E-state index contributed by atoms with van der Waals surface area (Å²) in [7, 11) is 1.74. The highest BCUT2D eigenvalue weighted by Gasteiger charge is 1.95. The third-order valence-electron chi connectivity index (χ3n) is 2.25. The molecule has 1 aromatic carbocycles. The van der Waals surface area contributed by atoms with Gasteiger partial charge in [-0.3, -0.25) is 0 Å². The molecule has 0 bridgehead atoms. The SMILES string of the molecule is CCOc1cccc(NCCCCOC)c1. The molecular weight excluding hydrogens is 202 g/mol. The molecule has 16 heavy (non-hydrogen) atoms. The van der Waals surface area contributed by atoms with Gasteiger partial charge in [0.15, 0.2) is 0 Å². The second-order valence-electron chi connectivity index (χ2n) is 3.59. The van der Waals surface area contributed by atoms with Gasteiger partial charge in [0, 0.05) is 32.0 Å². The van der Waals surface area contributed by atoms with Crippen molar-refractivity contribution in [1.82, 2.24) is 0 Å². The summed E-state index contributed by atoms with van der Waals surface area (Å²) >= 11 is 0. The molecule has 0 fully saturated rings. The molecule has 1 rings (SSSR count). The number of hydrogen-bond acceptors (Lipinski definition) is 3. The lowest BCUT2D eigenvalue weighted by Crippen LogP contribution is -2.03. The minimum atomic E-state index is 0.706. The van der Waals surface area contributed by atoms with Gasteiger partial charge in [-0.05, 0) is 31.9 Å². The molecule has 1 N–H and O–H groups in total. The molecule has 0 amide bonds. The number of anilines is 1. The van der Waals surface area contributed by atoms with Crippen LogP contribution >= 0.6 is 0 Å². The summed E-state index contributed by atoms with van der Waals surface area (Å²) in [5, 5.41) is 3.37. The van der Waals surface area contributed by atoms with Crippen molar-refractivity contribution in [3.63, 3.8) is 0 Å². The fourth-order valence-corrected chi connectivity index (χ4v) is 1.47. The maximum absolute atomic E-state index is 5.43. The molecular formula is C13H21NO2. The summed E-state index contributed by atoms with van der Waals surface area (Å²) in [6.07, 6.45) is 2.21. The number of benzene rings is 1. The van der Waals surface area contributed by atoms with Gasteiger partial charge in [0.1, 0.15) is 5.75 Å². The average Bonchev–Trinajstić information content (AvgIpc) is 2.30. The van der Waals surface area contributed by atoms with Gasteiger partial charge in [0.05, 0.1) is 6.61 Å². The maximum Gasteiger partial charge on any atom is 0.121 e. The Morgan fingerprint density at radius 2 is 2.12 bits per heavy atom. The van der Waals surface area contributed by atoms with Crippen molar-refractivity contribution in [1.29, 1.82) is 0 Å². The average molecular weight is 223 g/mol. The van der Waals surface area contributed by atoms with Crippen molar-refractivity contribution in [2.24, 2.45) is 0 Å². The van der Waals surface area contributed by atoms with E-state index in [2.05, 4.69) is 11.4 Å². The standard InChI is InChI=1S/C13H21NO2/c1-3-16-13-8-6-7-12(11-13)14-9-4-5-10-15-2/h6-8,11,14H,3-5,9-10H2,1-2H3. The van der Waals surface area contributed by atoms with Gasteiger partial charge in [0.2, 0.25) is 0 Å². The summed E-state index contributed by atoms with van der Waals surface area (Å²) in [6.45, 7) is 4.50. The van der Waals surface area contributed by atoms with Crippen LogP contribution in [-0.4, -0.2) is 26.9 Å². The highest BCUT2D eigenvalue weighted by atomic mass is 16.5. The number of ether oxygens (including phenoxy) is 2. The van der Waals surface area contributed by atoms with Crippen LogP contribution in [0.15, 0.2) is 24.3 Å². The zero-order valence-electron chi connectivity index (χ0n) is 10.2. The molecule has 1 aromatic rings. The Bertz CT molecular complexity index is 289. The van der Waals surface area contributed by atoms with E-state index in [0.717, 1.165) is 37.4 Å². The molecule has 0 saturated carbocycles. The van der Waals surface area contributed by atoms with E-state index in [0.29, 0.717) is 6.61 Å². The van der Waals surface area contributed by atoms with E-state index < -0.39 is 0 Å². The van der Waals surface area contributed by atoms with Crippen LogP contribution in [0.3, 0.4) is 0 Å². The van der Waals surface area contributed by atoms with Gasteiger partial charge in [-0.1, -0.05) is 6.07 Å². The second kappa shape index (κ2) is 7.99. The summed E-state index contributed by atoms with van der Waals surface area (Å²) in [5.74, 6) is 0.921. The van der Waals surface area contributed by atoms with E-state index in [9.17, 15) is 0 Å². The van der Waals surface area contributed by atoms with Gasteiger partial charge in [-0.15, -0.1) is 0 Å². The van der Waals surface area contributed by atoms with E-state index >= 15 is 0 Å². The summed E-state index contributed by atoms with van der Waals surface area (Å²) < 4.78 is 10.4. The van der Waals surface area contributed by atoms with E-state index in [1.807, 2.05) is 25.1 Å². The predicted octanol–water partition coefficient (Wildman–Crippen LogP) is 2.92. The number of methoxy groups -OCH3 is 1. The Kier molecular flexibility index (Phi) is 6.42. The van der Waals surface area contributed by atoms with Crippen LogP contribution < -0.4 is 10.1 Å². The van der Waals surface area contributed by atoms with Crippen molar-refractivity contribution >= 4 is 5.69 Å². The molecule has 0 unspecified atom stereocenters. The first-order valence-electron chi connectivity index (χ1n) is 5.82. The Balaban J connectivity index is 2.27. The van der Waals surface area contributed by atoms with Crippen molar-refractivity contribution in [2.45, 2.75) is 19.8 Å².